The number of nitrogens with zero attached hydrogens (tertiary/aromatic N) is 1. The molecule has 78 valence electrons. The molecule has 1 N–H and O–H groups in total. The number of carbonyl (C=O) groups is 1. The molecule has 0 amide bonds. The Morgan fingerprint density at radius 1 is 1.46 bits per heavy atom. The lowest BCUT2D eigenvalue weighted by Crippen LogP contribution is -2.52. The average Bonchev–Trinajstić information content (AvgIpc) is 2.03. The van der Waals surface area contributed by atoms with E-state index < -0.39 is 0 Å². The monoisotopic (exact) mass is 189 g/mol. The van der Waals surface area contributed by atoms with Crippen LogP contribution in [0.25, 0.3) is 0 Å². The number of carbonyl (C=O) groups excluding carboxylic acids is 1. The van der Waals surface area contributed by atoms with Crippen LogP contribution >= 0.6 is 0 Å². The fourth-order valence-electron chi connectivity index (χ4n) is 1.20. The van der Waals surface area contributed by atoms with E-state index in [-0.39, 0.29) is 5.97 Å². The lowest BCUT2D eigenvalue weighted by molar-refractivity contribution is -0.934. The molecule has 4 heteroatoms. The minimum atomic E-state index is -0.163. The minimum Gasteiger partial charge on any atom is -0.469 e. The van der Waals surface area contributed by atoms with Gasteiger partial charge in [-0.15, -0.1) is 0 Å². The molecule has 0 radical (unpaired) electrons. The van der Waals surface area contributed by atoms with Crippen molar-refractivity contribution in [1.29, 1.82) is 0 Å². The van der Waals surface area contributed by atoms with E-state index in [2.05, 4.69) is 31.2 Å². The van der Waals surface area contributed by atoms with Gasteiger partial charge >= 0.3 is 5.97 Å². The van der Waals surface area contributed by atoms with Crippen LogP contribution in [0.2, 0.25) is 0 Å². The van der Waals surface area contributed by atoms with Crippen molar-refractivity contribution in [2.24, 2.45) is 0 Å². The van der Waals surface area contributed by atoms with Gasteiger partial charge in [0, 0.05) is 0 Å². The van der Waals surface area contributed by atoms with Crippen molar-refractivity contribution in [1.82, 2.24) is 5.43 Å². The molecule has 0 spiro atoms. The second kappa shape index (κ2) is 5.94. The molecule has 0 fully saturated rings. The second-order valence-electron chi connectivity index (χ2n) is 3.64. The van der Waals surface area contributed by atoms with E-state index in [1.54, 1.807) is 0 Å². The first-order valence-electron chi connectivity index (χ1n) is 4.66. The molecule has 0 saturated carbocycles. The summed E-state index contributed by atoms with van der Waals surface area (Å²) in [6.07, 6.45) is 1.56. The van der Waals surface area contributed by atoms with Crippen LogP contribution in [-0.2, 0) is 9.53 Å². The van der Waals surface area contributed by atoms with Crippen molar-refractivity contribution < 1.29 is 14.1 Å². The highest BCUT2D eigenvalue weighted by Gasteiger charge is 2.13. The topological polar surface area (TPSA) is 38.3 Å². The van der Waals surface area contributed by atoms with Gasteiger partial charge < -0.3 is 4.74 Å². The number of ether oxygens (including phenoxy) is 1. The zero-order chi connectivity index (χ0) is 10.3. The number of nitrogens with one attached hydrogen (secondary N) is 1. The summed E-state index contributed by atoms with van der Waals surface area (Å²) in [7, 11) is 5.58. The molecular formula is C9H21N2O2+. The van der Waals surface area contributed by atoms with Crippen molar-refractivity contribution in [3.8, 4) is 0 Å². The summed E-state index contributed by atoms with van der Waals surface area (Å²) in [6, 6.07) is 0. The highest BCUT2D eigenvalue weighted by Crippen LogP contribution is 1.93. The zero-order valence-corrected chi connectivity index (χ0v) is 9.09. The lowest BCUT2D eigenvalue weighted by Gasteiger charge is -2.28. The van der Waals surface area contributed by atoms with Gasteiger partial charge in [0.1, 0.15) is 0 Å². The Bertz CT molecular complexity index is 158. The van der Waals surface area contributed by atoms with Crippen molar-refractivity contribution in [2.75, 3.05) is 34.3 Å². The number of rotatable bonds is 6. The van der Waals surface area contributed by atoms with Crippen LogP contribution in [0, 0.1) is 0 Å². The standard InChI is InChI=1S/C9H21N2O2/c1-5-8-11(2,3)10-7-6-9(12)13-4/h10H,5-8H2,1-4H3/q+1. The summed E-state index contributed by atoms with van der Waals surface area (Å²) in [5.41, 5.74) is 3.26. The van der Waals surface area contributed by atoms with Crippen molar-refractivity contribution in [3.63, 3.8) is 0 Å². The van der Waals surface area contributed by atoms with Gasteiger partial charge in [0.15, 0.2) is 0 Å². The zero-order valence-electron chi connectivity index (χ0n) is 9.09. The van der Waals surface area contributed by atoms with E-state index >= 15 is 0 Å². The minimum absolute atomic E-state index is 0.163. The Kier molecular flexibility index (Phi) is 5.66. The fourth-order valence-corrected chi connectivity index (χ4v) is 1.20. The van der Waals surface area contributed by atoms with E-state index in [1.165, 1.54) is 7.11 Å². The first kappa shape index (κ1) is 12.4. The summed E-state index contributed by atoms with van der Waals surface area (Å²) >= 11 is 0. The van der Waals surface area contributed by atoms with Gasteiger partial charge in [-0.05, 0) is 6.42 Å². The van der Waals surface area contributed by atoms with Gasteiger partial charge in [0.2, 0.25) is 0 Å². The van der Waals surface area contributed by atoms with Gasteiger partial charge in [0.05, 0.1) is 40.7 Å². The average molecular weight is 189 g/mol. The normalized spacial score (nSPS) is 11.4. The second-order valence-corrected chi connectivity index (χ2v) is 3.64. The molecule has 0 aliphatic heterocycles. The largest absolute Gasteiger partial charge is 0.469 e. The lowest BCUT2D eigenvalue weighted by atomic mass is 10.4. The van der Waals surface area contributed by atoms with Crippen LogP contribution < -0.4 is 5.43 Å². The molecule has 0 rings (SSSR count). The number of hydrogen-bond acceptors (Lipinski definition) is 3. The van der Waals surface area contributed by atoms with Gasteiger partial charge in [-0.2, -0.15) is 5.43 Å². The molecule has 13 heavy (non-hydrogen) atoms. The summed E-state index contributed by atoms with van der Waals surface area (Å²) in [4.78, 5) is 10.8. The predicted molar refractivity (Wildman–Crippen MR) is 51.9 cm³/mol. The van der Waals surface area contributed by atoms with Gasteiger partial charge in [-0.25, -0.2) is 0 Å². The van der Waals surface area contributed by atoms with E-state index in [0.29, 0.717) is 13.0 Å². The summed E-state index contributed by atoms with van der Waals surface area (Å²) in [6.45, 7) is 3.86. The molecule has 0 unspecified atom stereocenters. The number of quaternary nitrogens is 1. The summed E-state index contributed by atoms with van der Waals surface area (Å²) in [5.74, 6) is -0.163. The third kappa shape index (κ3) is 6.54. The third-order valence-corrected chi connectivity index (χ3v) is 1.88. The van der Waals surface area contributed by atoms with Crippen molar-refractivity contribution in [3.05, 3.63) is 0 Å². The molecule has 4 nitrogen and oxygen atoms in total. The van der Waals surface area contributed by atoms with Gasteiger partial charge in [-0.3, -0.25) is 9.39 Å². The highest BCUT2D eigenvalue weighted by molar-refractivity contribution is 5.69. The third-order valence-electron chi connectivity index (χ3n) is 1.88. The quantitative estimate of drug-likeness (QED) is 0.376. The van der Waals surface area contributed by atoms with E-state index in [1.807, 2.05) is 0 Å². The molecule has 0 aliphatic carbocycles. The smallest absolute Gasteiger partial charge is 0.307 e. The van der Waals surface area contributed by atoms with Gasteiger partial charge in [0.25, 0.3) is 0 Å². The molecule has 0 aromatic rings. The molecular weight excluding hydrogens is 168 g/mol. The Balaban J connectivity index is 3.56. The molecule has 0 aliphatic rings. The first-order valence-corrected chi connectivity index (χ1v) is 4.66. The van der Waals surface area contributed by atoms with Crippen LogP contribution in [0.1, 0.15) is 19.8 Å². The van der Waals surface area contributed by atoms with Crippen LogP contribution in [0.5, 0.6) is 0 Å². The van der Waals surface area contributed by atoms with Crippen LogP contribution in [-0.4, -0.2) is 44.9 Å². The SMILES string of the molecule is CCC[N+](C)(C)NCCC(=O)OC. The van der Waals surface area contributed by atoms with Crippen molar-refractivity contribution >= 4 is 5.97 Å². The Labute approximate surface area is 80.4 Å². The Morgan fingerprint density at radius 2 is 2.08 bits per heavy atom. The maximum Gasteiger partial charge on any atom is 0.307 e. The maximum absolute atomic E-state index is 10.8. The first-order chi connectivity index (χ1) is 6.02. The molecule has 0 heterocycles. The highest BCUT2D eigenvalue weighted by atomic mass is 16.5. The molecule has 0 bridgehead atoms. The van der Waals surface area contributed by atoms with Gasteiger partial charge in [-0.1, -0.05) is 6.92 Å². The number of esters is 1. The van der Waals surface area contributed by atoms with Crippen LogP contribution in [0.4, 0.5) is 0 Å². The predicted octanol–water partition coefficient (Wildman–Crippen LogP) is 0.540. The fraction of sp³-hybridized carbons (Fsp3) is 0.889. The molecule has 0 saturated heterocycles. The maximum atomic E-state index is 10.8. The van der Waals surface area contributed by atoms with E-state index in [9.17, 15) is 4.79 Å². The van der Waals surface area contributed by atoms with E-state index in [4.69, 9.17) is 0 Å². The molecule has 0 atom stereocenters. The van der Waals surface area contributed by atoms with Crippen LogP contribution in [0.3, 0.4) is 0 Å². The molecule has 0 aromatic carbocycles. The number of hydrogen-bond donors (Lipinski definition) is 1. The summed E-state index contributed by atoms with van der Waals surface area (Å²) < 4.78 is 5.28. The van der Waals surface area contributed by atoms with E-state index in [0.717, 1.165) is 17.6 Å². The number of methoxy groups -OCH3 is 1. The Hall–Kier alpha value is -0.610. The van der Waals surface area contributed by atoms with Crippen LogP contribution in [0.15, 0.2) is 0 Å². The molecule has 0 aromatic heterocycles. The summed E-state index contributed by atoms with van der Waals surface area (Å²) in [5, 5.41) is 0. The van der Waals surface area contributed by atoms with Crippen molar-refractivity contribution in [2.45, 2.75) is 19.8 Å². The Morgan fingerprint density at radius 3 is 2.54 bits per heavy atom.